The quantitative estimate of drug-likeness (QED) is 0.490. The monoisotopic (exact) mass is 482 g/mol. The maximum atomic E-state index is 5.74. The number of hydrogen-bond donors (Lipinski definition) is 1. The van der Waals surface area contributed by atoms with Gasteiger partial charge in [-0.05, 0) is 51.6 Å². The standard InChI is InChI=1S/C27H42N6O2/c1-21(2)32(17-19-34-4)12-5-11-28-27-24-20-35-18-10-25(24)29-26(30-27)22-6-8-23(9-7-22)33-15-13-31(3)14-16-33/h6-9,21H,5,10-20H2,1-4H3,(H,28,29,30). The van der Waals surface area contributed by atoms with Crippen molar-refractivity contribution in [3.05, 3.63) is 35.5 Å². The molecule has 0 saturated carbocycles. The van der Waals surface area contributed by atoms with Crippen molar-refractivity contribution >= 4 is 11.5 Å². The third-order valence-corrected chi connectivity index (χ3v) is 7.04. The van der Waals surface area contributed by atoms with Gasteiger partial charge in [-0.1, -0.05) is 0 Å². The van der Waals surface area contributed by atoms with Crippen LogP contribution in [0, 0.1) is 0 Å². The molecule has 35 heavy (non-hydrogen) atoms. The van der Waals surface area contributed by atoms with Gasteiger partial charge < -0.3 is 24.6 Å². The second-order valence-electron chi connectivity index (χ2n) is 9.86. The van der Waals surface area contributed by atoms with E-state index in [0.29, 0.717) is 19.3 Å². The fourth-order valence-electron chi connectivity index (χ4n) is 4.72. The van der Waals surface area contributed by atoms with Crippen LogP contribution in [-0.4, -0.2) is 99.0 Å². The lowest BCUT2D eigenvalue weighted by molar-refractivity contribution is 0.109. The normalized spacial score (nSPS) is 16.7. The highest BCUT2D eigenvalue weighted by molar-refractivity contribution is 5.63. The summed E-state index contributed by atoms with van der Waals surface area (Å²) in [5, 5.41) is 3.60. The Morgan fingerprint density at radius 2 is 1.86 bits per heavy atom. The number of ether oxygens (including phenoxy) is 2. The largest absolute Gasteiger partial charge is 0.383 e. The summed E-state index contributed by atoms with van der Waals surface area (Å²) in [6, 6.07) is 9.25. The SMILES string of the molecule is COCCN(CCCNc1nc(-c2ccc(N3CCN(C)CC3)cc2)nc2c1COCC2)C(C)C. The number of piperazine rings is 1. The first-order valence-corrected chi connectivity index (χ1v) is 13.0. The summed E-state index contributed by atoms with van der Waals surface area (Å²) in [6.07, 6.45) is 1.87. The summed E-state index contributed by atoms with van der Waals surface area (Å²) in [7, 11) is 3.95. The Morgan fingerprint density at radius 3 is 2.57 bits per heavy atom. The molecular formula is C27H42N6O2. The second-order valence-corrected chi connectivity index (χ2v) is 9.86. The van der Waals surface area contributed by atoms with Crippen LogP contribution >= 0.6 is 0 Å². The number of likely N-dealkylation sites (N-methyl/N-ethyl adjacent to an activating group) is 1. The zero-order valence-electron chi connectivity index (χ0n) is 21.9. The molecule has 1 aromatic heterocycles. The summed E-state index contributed by atoms with van der Waals surface area (Å²) in [5.74, 6) is 1.71. The topological polar surface area (TPSA) is 66.0 Å². The number of anilines is 2. The summed E-state index contributed by atoms with van der Waals surface area (Å²) in [6.45, 7) is 13.7. The Morgan fingerprint density at radius 1 is 1.09 bits per heavy atom. The van der Waals surface area contributed by atoms with E-state index < -0.39 is 0 Å². The van der Waals surface area contributed by atoms with Gasteiger partial charge in [-0.15, -0.1) is 0 Å². The number of nitrogens with zero attached hydrogens (tertiary/aromatic N) is 5. The number of aromatic nitrogens is 2. The Balaban J connectivity index is 1.43. The number of benzene rings is 1. The van der Waals surface area contributed by atoms with Crippen LogP contribution in [0.1, 0.15) is 31.5 Å². The van der Waals surface area contributed by atoms with E-state index in [4.69, 9.17) is 19.4 Å². The highest BCUT2D eigenvalue weighted by Gasteiger charge is 2.20. The van der Waals surface area contributed by atoms with Gasteiger partial charge in [0.05, 0.1) is 25.5 Å². The van der Waals surface area contributed by atoms with Crippen LogP contribution in [0.25, 0.3) is 11.4 Å². The smallest absolute Gasteiger partial charge is 0.161 e. The number of rotatable bonds is 11. The lowest BCUT2D eigenvalue weighted by Crippen LogP contribution is -2.44. The molecule has 0 atom stereocenters. The number of methoxy groups -OCH3 is 1. The molecule has 1 N–H and O–H groups in total. The first-order chi connectivity index (χ1) is 17.0. The number of fused-ring (bicyclic) bond motifs is 1. The van der Waals surface area contributed by atoms with Crippen LogP contribution in [-0.2, 0) is 22.5 Å². The highest BCUT2D eigenvalue weighted by Crippen LogP contribution is 2.28. The molecule has 192 valence electrons. The van der Waals surface area contributed by atoms with Crippen molar-refractivity contribution in [3.8, 4) is 11.4 Å². The summed E-state index contributed by atoms with van der Waals surface area (Å²) in [4.78, 5) is 17.2. The zero-order valence-corrected chi connectivity index (χ0v) is 21.9. The van der Waals surface area contributed by atoms with E-state index in [0.717, 1.165) is 93.7 Å². The molecule has 4 rings (SSSR count). The molecule has 3 heterocycles. The Labute approximate surface area is 210 Å². The lowest BCUT2D eigenvalue weighted by Gasteiger charge is -2.34. The van der Waals surface area contributed by atoms with Crippen LogP contribution < -0.4 is 10.2 Å². The molecule has 2 aliphatic heterocycles. The fourth-order valence-corrected chi connectivity index (χ4v) is 4.72. The Kier molecular flexibility index (Phi) is 9.31. The maximum absolute atomic E-state index is 5.74. The van der Waals surface area contributed by atoms with E-state index in [1.54, 1.807) is 7.11 Å². The van der Waals surface area contributed by atoms with Gasteiger partial charge >= 0.3 is 0 Å². The molecule has 0 spiro atoms. The summed E-state index contributed by atoms with van der Waals surface area (Å²) >= 11 is 0. The zero-order chi connectivity index (χ0) is 24.6. The molecule has 0 amide bonds. The first-order valence-electron chi connectivity index (χ1n) is 13.0. The highest BCUT2D eigenvalue weighted by atomic mass is 16.5. The van der Waals surface area contributed by atoms with Gasteiger partial charge in [0.25, 0.3) is 0 Å². The van der Waals surface area contributed by atoms with E-state index in [-0.39, 0.29) is 0 Å². The average molecular weight is 483 g/mol. The molecule has 0 unspecified atom stereocenters. The summed E-state index contributed by atoms with van der Waals surface area (Å²) < 4.78 is 11.0. The van der Waals surface area contributed by atoms with Crippen molar-refractivity contribution in [2.45, 2.75) is 39.3 Å². The van der Waals surface area contributed by atoms with E-state index in [1.165, 1.54) is 5.69 Å². The molecule has 1 fully saturated rings. The maximum Gasteiger partial charge on any atom is 0.161 e. The Bertz CT molecular complexity index is 928. The molecule has 2 aliphatic rings. The van der Waals surface area contributed by atoms with Crippen molar-refractivity contribution in [1.29, 1.82) is 0 Å². The van der Waals surface area contributed by atoms with Gasteiger partial charge in [0.2, 0.25) is 0 Å². The van der Waals surface area contributed by atoms with Gasteiger partial charge in [-0.3, -0.25) is 4.90 Å². The van der Waals surface area contributed by atoms with Gasteiger partial charge in [-0.25, -0.2) is 9.97 Å². The first kappa shape index (κ1) is 25.8. The van der Waals surface area contributed by atoms with Gasteiger partial charge in [0, 0.05) is 82.2 Å². The summed E-state index contributed by atoms with van der Waals surface area (Å²) in [5.41, 5.74) is 4.55. The fraction of sp³-hybridized carbons (Fsp3) is 0.630. The predicted molar refractivity (Wildman–Crippen MR) is 142 cm³/mol. The van der Waals surface area contributed by atoms with Crippen molar-refractivity contribution in [2.24, 2.45) is 0 Å². The molecule has 0 bridgehead atoms. The predicted octanol–water partition coefficient (Wildman–Crippen LogP) is 3.13. The molecular weight excluding hydrogens is 440 g/mol. The number of nitrogens with one attached hydrogen (secondary N) is 1. The van der Waals surface area contributed by atoms with Crippen molar-refractivity contribution in [2.75, 3.05) is 83.4 Å². The lowest BCUT2D eigenvalue weighted by atomic mass is 10.1. The van der Waals surface area contributed by atoms with E-state index in [9.17, 15) is 0 Å². The minimum Gasteiger partial charge on any atom is -0.383 e. The molecule has 1 aromatic carbocycles. The van der Waals surface area contributed by atoms with Crippen molar-refractivity contribution < 1.29 is 9.47 Å². The minimum atomic E-state index is 0.505. The van der Waals surface area contributed by atoms with Crippen LogP contribution in [0.4, 0.5) is 11.5 Å². The van der Waals surface area contributed by atoms with Gasteiger partial charge in [0.1, 0.15) is 5.82 Å². The van der Waals surface area contributed by atoms with Gasteiger partial charge in [0.15, 0.2) is 5.82 Å². The molecule has 2 aromatic rings. The van der Waals surface area contributed by atoms with E-state index in [2.05, 4.69) is 65.2 Å². The Hall–Kier alpha value is -2.26. The van der Waals surface area contributed by atoms with E-state index in [1.807, 2.05) is 0 Å². The number of hydrogen-bond acceptors (Lipinski definition) is 8. The van der Waals surface area contributed by atoms with Crippen molar-refractivity contribution in [3.63, 3.8) is 0 Å². The second kappa shape index (κ2) is 12.6. The third-order valence-electron chi connectivity index (χ3n) is 7.04. The van der Waals surface area contributed by atoms with Crippen LogP contribution in [0.15, 0.2) is 24.3 Å². The molecule has 8 heteroatoms. The molecule has 8 nitrogen and oxygen atoms in total. The van der Waals surface area contributed by atoms with Crippen LogP contribution in [0.5, 0.6) is 0 Å². The average Bonchev–Trinajstić information content (AvgIpc) is 2.88. The third kappa shape index (κ3) is 6.91. The van der Waals surface area contributed by atoms with Crippen LogP contribution in [0.3, 0.4) is 0 Å². The molecule has 1 saturated heterocycles. The van der Waals surface area contributed by atoms with Crippen LogP contribution in [0.2, 0.25) is 0 Å². The van der Waals surface area contributed by atoms with Crippen molar-refractivity contribution in [1.82, 2.24) is 19.8 Å². The van der Waals surface area contributed by atoms with Gasteiger partial charge in [-0.2, -0.15) is 0 Å². The van der Waals surface area contributed by atoms with E-state index >= 15 is 0 Å². The molecule has 0 radical (unpaired) electrons. The molecule has 0 aliphatic carbocycles. The minimum absolute atomic E-state index is 0.505.